The summed E-state index contributed by atoms with van der Waals surface area (Å²) in [5.41, 5.74) is 2.98. The Balaban J connectivity index is 2.46. The third-order valence-electron chi connectivity index (χ3n) is 6.08. The van der Waals surface area contributed by atoms with Crippen LogP contribution in [0.1, 0.15) is 45.2 Å². The van der Waals surface area contributed by atoms with E-state index in [1.807, 2.05) is 0 Å². The summed E-state index contributed by atoms with van der Waals surface area (Å²) in [5, 5.41) is 0. The van der Waals surface area contributed by atoms with E-state index in [9.17, 15) is 4.79 Å². The molecule has 0 aliphatic heterocycles. The average molecular weight is 421 g/mol. The zero-order chi connectivity index (χ0) is 22.6. The third kappa shape index (κ3) is 9.41. The lowest BCUT2D eigenvalue weighted by atomic mass is 10.1. The highest BCUT2D eigenvalue weighted by Crippen LogP contribution is 2.14. The van der Waals surface area contributed by atoms with Crippen molar-refractivity contribution < 1.29 is 23.2 Å². The molecule has 0 spiro atoms. The largest absolute Gasteiger partial charge is 0.462 e. The van der Waals surface area contributed by atoms with E-state index in [0.29, 0.717) is 18.8 Å². The predicted molar refractivity (Wildman–Crippen MR) is 124 cm³/mol. The van der Waals surface area contributed by atoms with Gasteiger partial charge in [-0.25, -0.2) is 4.79 Å². The van der Waals surface area contributed by atoms with Gasteiger partial charge in [-0.2, -0.15) is 0 Å². The highest BCUT2D eigenvalue weighted by molar-refractivity contribution is 5.86. The van der Waals surface area contributed by atoms with Crippen molar-refractivity contribution in [2.45, 2.75) is 47.3 Å². The fourth-order valence-electron chi connectivity index (χ4n) is 3.77. The number of quaternary nitrogens is 2. The van der Waals surface area contributed by atoms with Gasteiger partial charge in [-0.1, -0.05) is 24.8 Å². The molecule has 0 radical (unpaired) electrons. The lowest BCUT2D eigenvalue weighted by Crippen LogP contribution is -2.49. The Kier molecular flexibility index (Phi) is 11.3. The minimum Gasteiger partial charge on any atom is -0.462 e. The van der Waals surface area contributed by atoms with Crippen LogP contribution in [0.15, 0.2) is 36.4 Å². The van der Waals surface area contributed by atoms with Crippen molar-refractivity contribution in [3.8, 4) is 0 Å². The first-order valence-electron chi connectivity index (χ1n) is 11.3. The highest BCUT2D eigenvalue weighted by Gasteiger charge is 2.20. The SMILES string of the molecule is C=C(C)C(=O)OCCC[N+](C)(C)Cc1cccc(COCC[N+](CC)(CC)CC)c1. The molecule has 0 aliphatic carbocycles. The Morgan fingerprint density at radius 1 is 1.00 bits per heavy atom. The second-order valence-corrected chi connectivity index (χ2v) is 8.97. The van der Waals surface area contributed by atoms with Crippen molar-refractivity contribution in [2.75, 3.05) is 60.0 Å². The lowest BCUT2D eigenvalue weighted by Gasteiger charge is -2.35. The third-order valence-corrected chi connectivity index (χ3v) is 6.08. The summed E-state index contributed by atoms with van der Waals surface area (Å²) in [6, 6.07) is 8.69. The molecule has 0 aliphatic rings. The number of ether oxygens (including phenoxy) is 2. The Bertz CT molecular complexity index is 658. The molecule has 0 saturated carbocycles. The minimum absolute atomic E-state index is 0.305. The zero-order valence-electron chi connectivity index (χ0n) is 20.2. The van der Waals surface area contributed by atoms with Crippen molar-refractivity contribution in [3.63, 3.8) is 0 Å². The van der Waals surface area contributed by atoms with Crippen molar-refractivity contribution >= 4 is 5.97 Å². The van der Waals surface area contributed by atoms with Crippen LogP contribution < -0.4 is 0 Å². The Morgan fingerprint density at radius 2 is 1.63 bits per heavy atom. The Labute approximate surface area is 184 Å². The number of hydrogen-bond donors (Lipinski definition) is 0. The van der Waals surface area contributed by atoms with E-state index in [1.165, 1.54) is 11.1 Å². The molecule has 1 aromatic carbocycles. The Hall–Kier alpha value is -1.69. The maximum absolute atomic E-state index is 11.5. The molecule has 1 rings (SSSR count). The summed E-state index contributed by atoms with van der Waals surface area (Å²) in [6.45, 7) is 20.4. The molecule has 0 heterocycles. The summed E-state index contributed by atoms with van der Waals surface area (Å²) < 4.78 is 13.2. The standard InChI is InChI=1S/C25H44N2O3/c1-8-27(9-2,10-3)16-18-29-21-24-14-11-13-23(19-24)20-26(6,7)15-12-17-30-25(28)22(4)5/h11,13-14,19H,4,8-10,12,15-18,20-21H2,1-3,5-7H3/q+2. The van der Waals surface area contributed by atoms with Crippen molar-refractivity contribution in [3.05, 3.63) is 47.5 Å². The molecule has 5 heteroatoms. The van der Waals surface area contributed by atoms with Gasteiger partial charge in [-0.05, 0) is 39.3 Å². The average Bonchev–Trinajstić information content (AvgIpc) is 2.71. The van der Waals surface area contributed by atoms with Gasteiger partial charge in [-0.15, -0.1) is 0 Å². The normalized spacial score (nSPS) is 12.1. The molecule has 0 amide bonds. The maximum Gasteiger partial charge on any atom is 0.333 e. The van der Waals surface area contributed by atoms with E-state index in [0.717, 1.165) is 61.3 Å². The van der Waals surface area contributed by atoms with Gasteiger partial charge < -0.3 is 18.4 Å². The van der Waals surface area contributed by atoms with Crippen LogP contribution in [0.2, 0.25) is 0 Å². The van der Waals surface area contributed by atoms with Gasteiger partial charge in [0.1, 0.15) is 13.1 Å². The van der Waals surface area contributed by atoms with E-state index >= 15 is 0 Å². The van der Waals surface area contributed by atoms with Gasteiger partial charge in [0.2, 0.25) is 0 Å². The summed E-state index contributed by atoms with van der Waals surface area (Å²) >= 11 is 0. The summed E-state index contributed by atoms with van der Waals surface area (Å²) in [4.78, 5) is 11.5. The van der Waals surface area contributed by atoms with Crippen LogP contribution in [0.25, 0.3) is 0 Å². The highest BCUT2D eigenvalue weighted by atomic mass is 16.5. The topological polar surface area (TPSA) is 35.5 Å². The fourth-order valence-corrected chi connectivity index (χ4v) is 3.77. The Morgan fingerprint density at radius 3 is 2.23 bits per heavy atom. The monoisotopic (exact) mass is 420 g/mol. The molecule has 1 aromatic rings. The number of carbonyl (C=O) groups excluding carboxylic acids is 1. The van der Waals surface area contributed by atoms with E-state index in [2.05, 4.69) is 65.7 Å². The predicted octanol–water partition coefficient (Wildman–Crippen LogP) is 4.17. The first-order chi connectivity index (χ1) is 14.2. The van der Waals surface area contributed by atoms with Crippen LogP contribution in [0, 0.1) is 0 Å². The van der Waals surface area contributed by atoms with Gasteiger partial charge in [0.05, 0.1) is 60.1 Å². The molecule has 170 valence electrons. The van der Waals surface area contributed by atoms with Crippen LogP contribution in [0.3, 0.4) is 0 Å². The quantitative estimate of drug-likeness (QED) is 0.185. The number of hydrogen-bond acceptors (Lipinski definition) is 3. The van der Waals surface area contributed by atoms with Gasteiger partial charge in [-0.3, -0.25) is 0 Å². The molecule has 0 N–H and O–H groups in total. The molecule has 0 aromatic heterocycles. The second kappa shape index (κ2) is 12.9. The smallest absolute Gasteiger partial charge is 0.333 e. The van der Waals surface area contributed by atoms with E-state index in [-0.39, 0.29) is 5.97 Å². The molecule has 30 heavy (non-hydrogen) atoms. The number of rotatable bonds is 15. The molecule has 0 saturated heterocycles. The van der Waals surface area contributed by atoms with E-state index in [1.54, 1.807) is 6.92 Å². The lowest BCUT2D eigenvalue weighted by molar-refractivity contribution is -0.923. The maximum atomic E-state index is 11.5. The number of benzene rings is 1. The first-order valence-corrected chi connectivity index (χ1v) is 11.3. The number of nitrogens with zero attached hydrogens (tertiary/aromatic N) is 2. The van der Waals surface area contributed by atoms with Crippen LogP contribution in [-0.4, -0.2) is 75.0 Å². The van der Waals surface area contributed by atoms with Crippen molar-refractivity contribution in [1.29, 1.82) is 0 Å². The molecule has 0 bridgehead atoms. The van der Waals surface area contributed by atoms with Crippen molar-refractivity contribution in [2.24, 2.45) is 0 Å². The van der Waals surface area contributed by atoms with Crippen LogP contribution in [0.4, 0.5) is 0 Å². The van der Waals surface area contributed by atoms with Gasteiger partial charge in [0.15, 0.2) is 0 Å². The number of likely N-dealkylation sites (N-methyl/N-ethyl adjacent to an activating group) is 1. The fraction of sp³-hybridized carbons (Fsp3) is 0.640. The molecular weight excluding hydrogens is 376 g/mol. The van der Waals surface area contributed by atoms with Crippen LogP contribution in [0.5, 0.6) is 0 Å². The molecule has 0 atom stereocenters. The summed E-state index contributed by atoms with van der Waals surface area (Å²) in [6.07, 6.45) is 0.834. The summed E-state index contributed by atoms with van der Waals surface area (Å²) in [7, 11) is 4.42. The van der Waals surface area contributed by atoms with E-state index < -0.39 is 0 Å². The van der Waals surface area contributed by atoms with Crippen molar-refractivity contribution in [1.82, 2.24) is 0 Å². The number of carbonyl (C=O) groups is 1. The van der Waals surface area contributed by atoms with Crippen LogP contribution in [-0.2, 0) is 27.4 Å². The second-order valence-electron chi connectivity index (χ2n) is 8.97. The molecular formula is C25H44N2O3+2. The van der Waals surface area contributed by atoms with Gasteiger partial charge in [0, 0.05) is 17.6 Å². The molecule has 0 unspecified atom stereocenters. The minimum atomic E-state index is -0.305. The van der Waals surface area contributed by atoms with Gasteiger partial charge >= 0.3 is 5.97 Å². The number of esters is 1. The summed E-state index contributed by atoms with van der Waals surface area (Å²) in [5.74, 6) is -0.305. The van der Waals surface area contributed by atoms with Crippen LogP contribution >= 0.6 is 0 Å². The first kappa shape index (κ1) is 26.3. The molecule has 0 fully saturated rings. The zero-order valence-corrected chi connectivity index (χ0v) is 20.2. The van der Waals surface area contributed by atoms with E-state index in [4.69, 9.17) is 9.47 Å². The van der Waals surface area contributed by atoms with Gasteiger partial charge in [0.25, 0.3) is 0 Å². The molecule has 5 nitrogen and oxygen atoms in total.